The Morgan fingerprint density at radius 3 is 2.74 bits per heavy atom. The summed E-state index contributed by atoms with van der Waals surface area (Å²) >= 11 is 1.41. The number of hydrogen-bond donors (Lipinski definition) is 1. The van der Waals surface area contributed by atoms with Gasteiger partial charge in [-0.2, -0.15) is 0 Å². The number of hydrogen-bond acceptors (Lipinski definition) is 4. The van der Waals surface area contributed by atoms with Crippen molar-refractivity contribution in [2.45, 2.75) is 26.2 Å². The first-order valence-electron chi connectivity index (χ1n) is 6.56. The van der Waals surface area contributed by atoms with Crippen LogP contribution in [0.2, 0.25) is 0 Å². The molecule has 2 aliphatic heterocycles. The SMILES string of the molecule is Cc1ncsc1C(=O)N1CCC2(CC1)CNC(=O)C2. The van der Waals surface area contributed by atoms with Crippen LogP contribution in [-0.2, 0) is 4.79 Å². The third-order valence-corrected chi connectivity index (χ3v) is 5.16. The number of thiazole rings is 1. The molecule has 19 heavy (non-hydrogen) atoms. The van der Waals surface area contributed by atoms with Crippen LogP contribution < -0.4 is 5.32 Å². The second-order valence-electron chi connectivity index (χ2n) is 5.51. The minimum absolute atomic E-state index is 0.0899. The highest BCUT2D eigenvalue weighted by molar-refractivity contribution is 7.11. The lowest BCUT2D eigenvalue weighted by Gasteiger charge is -2.38. The van der Waals surface area contributed by atoms with Crippen molar-refractivity contribution in [1.82, 2.24) is 15.2 Å². The smallest absolute Gasteiger partial charge is 0.265 e. The van der Waals surface area contributed by atoms with Gasteiger partial charge in [0, 0.05) is 26.1 Å². The molecular weight excluding hydrogens is 262 g/mol. The van der Waals surface area contributed by atoms with Crippen LogP contribution in [-0.4, -0.2) is 41.3 Å². The summed E-state index contributed by atoms with van der Waals surface area (Å²) in [6.45, 7) is 4.12. The van der Waals surface area contributed by atoms with Gasteiger partial charge in [-0.3, -0.25) is 9.59 Å². The van der Waals surface area contributed by atoms with Gasteiger partial charge in [-0.05, 0) is 25.2 Å². The molecular formula is C13H17N3O2S. The summed E-state index contributed by atoms with van der Waals surface area (Å²) in [5, 5.41) is 2.91. The molecule has 3 rings (SSSR count). The van der Waals surface area contributed by atoms with Gasteiger partial charge in [0.2, 0.25) is 5.91 Å². The Balaban J connectivity index is 1.66. The fraction of sp³-hybridized carbons (Fsp3) is 0.615. The van der Waals surface area contributed by atoms with Crippen LogP contribution in [0.3, 0.4) is 0 Å². The van der Waals surface area contributed by atoms with Crippen LogP contribution >= 0.6 is 11.3 Å². The molecule has 1 aromatic rings. The highest BCUT2D eigenvalue weighted by Gasteiger charge is 2.41. The molecule has 0 saturated carbocycles. The molecule has 2 fully saturated rings. The van der Waals surface area contributed by atoms with Gasteiger partial charge in [0.05, 0.1) is 11.2 Å². The summed E-state index contributed by atoms with van der Waals surface area (Å²) in [4.78, 5) is 30.5. The minimum atomic E-state index is 0.0899. The average molecular weight is 279 g/mol. The van der Waals surface area contributed by atoms with Gasteiger partial charge < -0.3 is 10.2 Å². The van der Waals surface area contributed by atoms with Gasteiger partial charge in [0.15, 0.2) is 0 Å². The molecule has 0 bridgehead atoms. The standard InChI is InChI=1S/C13H17N3O2S/c1-9-11(19-8-15-9)12(18)16-4-2-13(3-5-16)6-10(17)14-7-13/h8H,2-7H2,1H3,(H,14,17). The Labute approximate surface area is 116 Å². The molecule has 1 spiro atoms. The summed E-state index contributed by atoms with van der Waals surface area (Å²) in [6.07, 6.45) is 2.44. The van der Waals surface area contributed by atoms with E-state index >= 15 is 0 Å². The Morgan fingerprint density at radius 2 is 2.21 bits per heavy atom. The summed E-state index contributed by atoms with van der Waals surface area (Å²) in [5.41, 5.74) is 2.62. The monoisotopic (exact) mass is 279 g/mol. The van der Waals surface area contributed by atoms with E-state index < -0.39 is 0 Å². The van der Waals surface area contributed by atoms with E-state index in [0.717, 1.165) is 43.0 Å². The lowest BCUT2D eigenvalue weighted by atomic mass is 9.77. The fourth-order valence-corrected chi connectivity index (χ4v) is 3.71. The van der Waals surface area contributed by atoms with E-state index in [2.05, 4.69) is 10.3 Å². The Morgan fingerprint density at radius 1 is 1.47 bits per heavy atom. The highest BCUT2D eigenvalue weighted by atomic mass is 32.1. The van der Waals surface area contributed by atoms with Crippen LogP contribution in [0.5, 0.6) is 0 Å². The molecule has 0 atom stereocenters. The zero-order valence-electron chi connectivity index (χ0n) is 10.9. The molecule has 1 N–H and O–H groups in total. The number of rotatable bonds is 1. The number of aryl methyl sites for hydroxylation is 1. The minimum Gasteiger partial charge on any atom is -0.356 e. The van der Waals surface area contributed by atoms with Gasteiger partial charge in [-0.25, -0.2) is 4.98 Å². The molecule has 3 heterocycles. The second-order valence-corrected chi connectivity index (χ2v) is 6.37. The number of likely N-dealkylation sites (tertiary alicyclic amines) is 1. The number of carbonyl (C=O) groups is 2. The van der Waals surface area contributed by atoms with Gasteiger partial charge in [0.1, 0.15) is 4.88 Å². The number of carbonyl (C=O) groups excluding carboxylic acids is 2. The summed E-state index contributed by atoms with van der Waals surface area (Å²) in [7, 11) is 0. The molecule has 2 saturated heterocycles. The Bertz CT molecular complexity index is 518. The molecule has 0 aliphatic carbocycles. The molecule has 0 aromatic carbocycles. The molecule has 102 valence electrons. The molecule has 0 unspecified atom stereocenters. The summed E-state index contributed by atoms with van der Waals surface area (Å²) in [5.74, 6) is 0.241. The zero-order valence-corrected chi connectivity index (χ0v) is 11.8. The van der Waals surface area contributed by atoms with Crippen molar-refractivity contribution in [3.63, 3.8) is 0 Å². The maximum atomic E-state index is 12.4. The van der Waals surface area contributed by atoms with Gasteiger partial charge >= 0.3 is 0 Å². The fourth-order valence-electron chi connectivity index (χ4n) is 2.94. The largest absolute Gasteiger partial charge is 0.356 e. The van der Waals surface area contributed by atoms with E-state index in [1.807, 2.05) is 11.8 Å². The van der Waals surface area contributed by atoms with E-state index in [9.17, 15) is 9.59 Å². The molecule has 6 heteroatoms. The first-order valence-corrected chi connectivity index (χ1v) is 7.44. The lowest BCUT2D eigenvalue weighted by Crippen LogP contribution is -2.44. The number of nitrogens with one attached hydrogen (secondary N) is 1. The zero-order chi connectivity index (χ0) is 13.5. The molecule has 2 amide bonds. The maximum Gasteiger partial charge on any atom is 0.265 e. The average Bonchev–Trinajstić information content (AvgIpc) is 2.97. The number of amides is 2. The Kier molecular flexibility index (Phi) is 3.05. The van der Waals surface area contributed by atoms with Crippen molar-refractivity contribution in [2.75, 3.05) is 19.6 Å². The van der Waals surface area contributed by atoms with Crippen molar-refractivity contribution < 1.29 is 9.59 Å². The number of nitrogens with zero attached hydrogens (tertiary/aromatic N) is 2. The number of piperidine rings is 1. The van der Waals surface area contributed by atoms with Gasteiger partial charge in [-0.1, -0.05) is 0 Å². The van der Waals surface area contributed by atoms with E-state index in [-0.39, 0.29) is 17.2 Å². The van der Waals surface area contributed by atoms with Crippen molar-refractivity contribution in [2.24, 2.45) is 5.41 Å². The topological polar surface area (TPSA) is 62.3 Å². The summed E-state index contributed by atoms with van der Waals surface area (Å²) < 4.78 is 0. The van der Waals surface area contributed by atoms with Crippen LogP contribution in [0.4, 0.5) is 0 Å². The van der Waals surface area contributed by atoms with Crippen LogP contribution in [0.1, 0.15) is 34.6 Å². The first-order chi connectivity index (χ1) is 9.10. The first kappa shape index (κ1) is 12.6. The maximum absolute atomic E-state index is 12.4. The van der Waals surface area contributed by atoms with Gasteiger partial charge in [-0.15, -0.1) is 11.3 Å². The predicted molar refractivity (Wildman–Crippen MR) is 72.0 cm³/mol. The Hall–Kier alpha value is -1.43. The second kappa shape index (κ2) is 4.59. The van der Waals surface area contributed by atoms with Crippen LogP contribution in [0, 0.1) is 12.3 Å². The highest BCUT2D eigenvalue weighted by Crippen LogP contribution is 2.37. The van der Waals surface area contributed by atoms with Crippen molar-refractivity contribution >= 4 is 23.2 Å². The normalized spacial score (nSPS) is 21.7. The van der Waals surface area contributed by atoms with Gasteiger partial charge in [0.25, 0.3) is 5.91 Å². The molecule has 5 nitrogen and oxygen atoms in total. The third-order valence-electron chi connectivity index (χ3n) is 4.25. The van der Waals surface area contributed by atoms with Crippen molar-refractivity contribution in [3.05, 3.63) is 16.1 Å². The third kappa shape index (κ3) is 2.25. The molecule has 1 aromatic heterocycles. The van der Waals surface area contributed by atoms with Crippen molar-refractivity contribution in [3.8, 4) is 0 Å². The van der Waals surface area contributed by atoms with Crippen molar-refractivity contribution in [1.29, 1.82) is 0 Å². The number of aromatic nitrogens is 1. The predicted octanol–water partition coefficient (Wildman–Crippen LogP) is 1.19. The van der Waals surface area contributed by atoms with E-state index in [1.165, 1.54) is 11.3 Å². The van der Waals surface area contributed by atoms with Crippen LogP contribution in [0.25, 0.3) is 0 Å². The van der Waals surface area contributed by atoms with E-state index in [4.69, 9.17) is 0 Å². The lowest BCUT2D eigenvalue weighted by molar-refractivity contribution is -0.119. The molecule has 0 radical (unpaired) electrons. The summed E-state index contributed by atoms with van der Waals surface area (Å²) in [6, 6.07) is 0. The molecule has 2 aliphatic rings. The van der Waals surface area contributed by atoms with E-state index in [1.54, 1.807) is 5.51 Å². The van der Waals surface area contributed by atoms with E-state index in [0.29, 0.717) is 6.42 Å². The quantitative estimate of drug-likeness (QED) is 0.840. The van der Waals surface area contributed by atoms with Crippen LogP contribution in [0.15, 0.2) is 5.51 Å².